The van der Waals surface area contributed by atoms with Crippen LogP contribution in [0.1, 0.15) is 6.42 Å². The molecule has 0 atom stereocenters. The van der Waals surface area contributed by atoms with Crippen LogP contribution in [0.5, 0.6) is 0 Å². The van der Waals surface area contributed by atoms with Gasteiger partial charge in [0.2, 0.25) is 11.8 Å². The molecule has 0 unspecified atom stereocenters. The van der Waals surface area contributed by atoms with Crippen LogP contribution in [-0.4, -0.2) is 83.4 Å². The van der Waals surface area contributed by atoms with Crippen molar-refractivity contribution >= 4 is 45.8 Å². The van der Waals surface area contributed by atoms with Crippen LogP contribution in [0.3, 0.4) is 0 Å². The van der Waals surface area contributed by atoms with E-state index in [9.17, 15) is 9.59 Å². The number of nitrogens with zero attached hydrogens (tertiary/aromatic N) is 3. The number of benzene rings is 1. The first-order valence-electron chi connectivity index (χ1n) is 8.65. The van der Waals surface area contributed by atoms with Crippen molar-refractivity contribution in [2.75, 3.05) is 57.9 Å². The van der Waals surface area contributed by atoms with Gasteiger partial charge in [0.15, 0.2) is 0 Å². The highest BCUT2D eigenvalue weighted by Gasteiger charge is 2.21. The van der Waals surface area contributed by atoms with Crippen LogP contribution >= 0.6 is 24.0 Å². The molecule has 0 bridgehead atoms. The topological polar surface area (TPSA) is 55.9 Å². The molecule has 1 fully saturated rings. The summed E-state index contributed by atoms with van der Waals surface area (Å²) in [6, 6.07) is 9.45. The first-order chi connectivity index (χ1) is 12.5. The molecule has 1 saturated heterocycles. The fraction of sp³-hybridized carbons (Fsp3) is 0.500. The molecule has 2 rings (SSSR count). The maximum atomic E-state index is 12.4. The summed E-state index contributed by atoms with van der Waals surface area (Å²) < 4.78 is 0.715. The predicted octanol–water partition coefficient (Wildman–Crippen LogP) is 1.74. The Balaban J connectivity index is 1.75. The number of thiocarbonyl (C=S) groups is 1. The van der Waals surface area contributed by atoms with Gasteiger partial charge in [0.25, 0.3) is 0 Å². The molecular formula is C18H26N4O2S2. The lowest BCUT2D eigenvalue weighted by Gasteiger charge is -2.22. The zero-order valence-electron chi connectivity index (χ0n) is 15.3. The van der Waals surface area contributed by atoms with Gasteiger partial charge in [-0.25, -0.2) is 0 Å². The minimum Gasteiger partial charge on any atom is -0.364 e. The highest BCUT2D eigenvalue weighted by molar-refractivity contribution is 8.23. The molecule has 8 heteroatoms. The maximum Gasteiger partial charge on any atom is 0.238 e. The average Bonchev–Trinajstić information content (AvgIpc) is 2.85. The summed E-state index contributed by atoms with van der Waals surface area (Å²) >= 11 is 6.60. The SMILES string of the molecule is CN(C)C(=S)SCC(=O)N1CCCN(CC(=O)Nc2ccccc2)CC1. The van der Waals surface area contributed by atoms with E-state index in [2.05, 4.69) is 10.2 Å². The number of rotatable bonds is 5. The number of para-hydroxylation sites is 1. The Labute approximate surface area is 164 Å². The van der Waals surface area contributed by atoms with E-state index in [4.69, 9.17) is 12.2 Å². The van der Waals surface area contributed by atoms with E-state index in [0.29, 0.717) is 29.7 Å². The molecule has 1 heterocycles. The average molecular weight is 395 g/mol. The summed E-state index contributed by atoms with van der Waals surface area (Å²) in [6.07, 6.45) is 0.868. The molecule has 1 aromatic carbocycles. The number of carbonyl (C=O) groups excluding carboxylic acids is 2. The number of hydrogen-bond donors (Lipinski definition) is 1. The van der Waals surface area contributed by atoms with Gasteiger partial charge < -0.3 is 15.1 Å². The molecule has 1 aliphatic heterocycles. The van der Waals surface area contributed by atoms with Crippen LogP contribution in [0.25, 0.3) is 0 Å². The molecule has 1 aromatic rings. The van der Waals surface area contributed by atoms with Gasteiger partial charge in [-0.05, 0) is 18.6 Å². The summed E-state index contributed by atoms with van der Waals surface area (Å²) in [5, 5.41) is 2.90. The maximum absolute atomic E-state index is 12.4. The molecule has 1 N–H and O–H groups in total. The lowest BCUT2D eigenvalue weighted by atomic mass is 10.3. The molecule has 0 saturated carbocycles. The summed E-state index contributed by atoms with van der Waals surface area (Å²) in [4.78, 5) is 30.4. The van der Waals surface area contributed by atoms with Crippen molar-refractivity contribution < 1.29 is 9.59 Å². The van der Waals surface area contributed by atoms with Crippen molar-refractivity contribution in [1.82, 2.24) is 14.7 Å². The third-order valence-corrected chi connectivity index (χ3v) is 5.77. The Morgan fingerprint density at radius 2 is 1.88 bits per heavy atom. The quantitative estimate of drug-likeness (QED) is 0.768. The molecule has 1 aliphatic rings. The molecule has 0 spiro atoms. The zero-order valence-corrected chi connectivity index (χ0v) is 16.9. The summed E-state index contributed by atoms with van der Waals surface area (Å²) in [6.45, 7) is 3.24. The van der Waals surface area contributed by atoms with Crippen LogP contribution in [-0.2, 0) is 9.59 Å². The second-order valence-electron chi connectivity index (χ2n) is 6.37. The smallest absolute Gasteiger partial charge is 0.238 e. The molecule has 0 aromatic heterocycles. The van der Waals surface area contributed by atoms with Crippen molar-refractivity contribution in [3.8, 4) is 0 Å². The molecule has 26 heavy (non-hydrogen) atoms. The first-order valence-corrected chi connectivity index (χ1v) is 10.0. The molecule has 142 valence electrons. The monoisotopic (exact) mass is 394 g/mol. The Hall–Kier alpha value is -1.64. The van der Waals surface area contributed by atoms with Gasteiger partial charge in [-0.2, -0.15) is 0 Å². The predicted molar refractivity (Wildman–Crippen MR) is 111 cm³/mol. The summed E-state index contributed by atoms with van der Waals surface area (Å²) in [7, 11) is 3.76. The van der Waals surface area contributed by atoms with E-state index in [1.54, 1.807) is 0 Å². The second-order valence-corrected chi connectivity index (χ2v) is 7.98. The second kappa shape index (κ2) is 10.5. The zero-order chi connectivity index (χ0) is 18.9. The molecule has 0 radical (unpaired) electrons. The van der Waals surface area contributed by atoms with Crippen molar-refractivity contribution in [1.29, 1.82) is 0 Å². The van der Waals surface area contributed by atoms with Crippen molar-refractivity contribution in [3.63, 3.8) is 0 Å². The van der Waals surface area contributed by atoms with Gasteiger partial charge in [0, 0.05) is 46.0 Å². The van der Waals surface area contributed by atoms with Crippen LogP contribution in [0.4, 0.5) is 5.69 Å². The van der Waals surface area contributed by atoms with Crippen molar-refractivity contribution in [2.24, 2.45) is 0 Å². The lowest BCUT2D eigenvalue weighted by Crippen LogP contribution is -2.38. The van der Waals surface area contributed by atoms with E-state index in [0.717, 1.165) is 25.2 Å². The Morgan fingerprint density at radius 1 is 1.15 bits per heavy atom. The Kier molecular flexibility index (Phi) is 8.34. The van der Waals surface area contributed by atoms with E-state index in [-0.39, 0.29) is 11.8 Å². The molecular weight excluding hydrogens is 368 g/mol. The summed E-state index contributed by atoms with van der Waals surface area (Å²) in [5.41, 5.74) is 0.804. The molecule has 6 nitrogen and oxygen atoms in total. The Morgan fingerprint density at radius 3 is 2.58 bits per heavy atom. The van der Waals surface area contributed by atoms with Gasteiger partial charge in [0.1, 0.15) is 4.32 Å². The number of anilines is 1. The fourth-order valence-electron chi connectivity index (χ4n) is 2.65. The van der Waals surface area contributed by atoms with Gasteiger partial charge in [-0.15, -0.1) is 0 Å². The molecule has 0 aliphatic carbocycles. The highest BCUT2D eigenvalue weighted by atomic mass is 32.2. The van der Waals surface area contributed by atoms with Crippen molar-refractivity contribution in [3.05, 3.63) is 30.3 Å². The van der Waals surface area contributed by atoms with E-state index in [1.807, 2.05) is 54.2 Å². The third-order valence-electron chi connectivity index (χ3n) is 4.05. The molecule has 2 amide bonds. The van der Waals surface area contributed by atoms with Crippen LogP contribution in [0, 0.1) is 0 Å². The number of carbonyl (C=O) groups is 2. The number of hydrogen-bond acceptors (Lipinski definition) is 5. The van der Waals surface area contributed by atoms with E-state index < -0.39 is 0 Å². The number of nitrogens with one attached hydrogen (secondary N) is 1. The van der Waals surface area contributed by atoms with Gasteiger partial charge in [0.05, 0.1) is 12.3 Å². The van der Waals surface area contributed by atoms with Gasteiger partial charge >= 0.3 is 0 Å². The summed E-state index contributed by atoms with van der Waals surface area (Å²) in [5.74, 6) is 0.448. The van der Waals surface area contributed by atoms with Gasteiger partial charge in [-0.3, -0.25) is 14.5 Å². The van der Waals surface area contributed by atoms with Crippen LogP contribution in [0.2, 0.25) is 0 Å². The fourth-order valence-corrected chi connectivity index (χ4v) is 3.51. The van der Waals surface area contributed by atoms with Gasteiger partial charge in [-0.1, -0.05) is 42.2 Å². The van der Waals surface area contributed by atoms with Crippen molar-refractivity contribution in [2.45, 2.75) is 6.42 Å². The largest absolute Gasteiger partial charge is 0.364 e. The third kappa shape index (κ3) is 6.93. The lowest BCUT2D eigenvalue weighted by molar-refractivity contribution is -0.128. The highest BCUT2D eigenvalue weighted by Crippen LogP contribution is 2.11. The van der Waals surface area contributed by atoms with Crippen LogP contribution < -0.4 is 5.32 Å². The standard InChI is InChI=1S/C18H26N4O2S2/c1-20(2)18(25)26-14-17(24)22-10-6-9-21(11-12-22)13-16(23)19-15-7-4-3-5-8-15/h3-5,7-8H,6,9-14H2,1-2H3,(H,19,23). The Bertz CT molecular complexity index is 625. The number of thioether (sulfide) groups is 1. The van der Waals surface area contributed by atoms with E-state index >= 15 is 0 Å². The van der Waals surface area contributed by atoms with E-state index in [1.165, 1.54) is 11.8 Å². The minimum atomic E-state index is -0.0251. The minimum absolute atomic E-state index is 0.0251. The first kappa shape index (κ1) is 20.7. The van der Waals surface area contributed by atoms with Crippen LogP contribution in [0.15, 0.2) is 30.3 Å². The normalized spacial score (nSPS) is 15.2. The number of amides is 2.